The lowest BCUT2D eigenvalue weighted by Gasteiger charge is -2.28. The first-order valence-corrected chi connectivity index (χ1v) is 6.82. The standard InChI is InChI=1S/C16H21N3O/c1-11-5-4-6-14(9-11)18-16(17)15-10-19(13(3)20)8-7-12(15)2/h4-6,9H,7-8,10H2,1-3H3,(H2,17,18). The monoisotopic (exact) mass is 271 g/mol. The number of carbonyl (C=O) groups is 1. The van der Waals surface area contributed by atoms with Crippen molar-refractivity contribution in [2.45, 2.75) is 27.2 Å². The summed E-state index contributed by atoms with van der Waals surface area (Å²) >= 11 is 0. The molecule has 0 bridgehead atoms. The van der Waals surface area contributed by atoms with E-state index in [9.17, 15) is 4.79 Å². The SMILES string of the molecule is CC(=O)N1CCC(C)=C(C(N)=Nc2cccc(C)c2)C1. The molecule has 0 fully saturated rings. The Labute approximate surface area is 120 Å². The van der Waals surface area contributed by atoms with E-state index >= 15 is 0 Å². The molecule has 1 heterocycles. The molecule has 0 aliphatic carbocycles. The molecular weight excluding hydrogens is 250 g/mol. The van der Waals surface area contributed by atoms with Crippen LogP contribution in [0.25, 0.3) is 0 Å². The van der Waals surface area contributed by atoms with Crippen LogP contribution in [0.1, 0.15) is 25.8 Å². The van der Waals surface area contributed by atoms with Crippen molar-refractivity contribution in [1.29, 1.82) is 0 Å². The number of aliphatic imine (C=N–C) groups is 1. The second-order valence-electron chi connectivity index (χ2n) is 5.29. The summed E-state index contributed by atoms with van der Waals surface area (Å²) in [6.07, 6.45) is 0.860. The average Bonchev–Trinajstić information content (AvgIpc) is 2.38. The highest BCUT2D eigenvalue weighted by Gasteiger charge is 2.20. The van der Waals surface area contributed by atoms with Crippen LogP contribution >= 0.6 is 0 Å². The maximum absolute atomic E-state index is 11.5. The van der Waals surface area contributed by atoms with Crippen LogP contribution in [0.3, 0.4) is 0 Å². The van der Waals surface area contributed by atoms with E-state index in [-0.39, 0.29) is 5.91 Å². The molecule has 0 radical (unpaired) electrons. The van der Waals surface area contributed by atoms with Gasteiger partial charge in [0.1, 0.15) is 5.84 Å². The van der Waals surface area contributed by atoms with E-state index in [0.29, 0.717) is 12.4 Å². The Morgan fingerprint density at radius 3 is 2.75 bits per heavy atom. The van der Waals surface area contributed by atoms with Crippen LogP contribution < -0.4 is 5.73 Å². The highest BCUT2D eigenvalue weighted by molar-refractivity contribution is 6.00. The van der Waals surface area contributed by atoms with E-state index < -0.39 is 0 Å². The smallest absolute Gasteiger partial charge is 0.219 e. The maximum atomic E-state index is 11.5. The number of carbonyl (C=O) groups excluding carboxylic acids is 1. The van der Waals surface area contributed by atoms with Crippen LogP contribution in [-0.4, -0.2) is 29.7 Å². The number of amides is 1. The topological polar surface area (TPSA) is 58.7 Å². The fourth-order valence-corrected chi connectivity index (χ4v) is 2.33. The Balaban J connectivity index is 2.27. The number of benzene rings is 1. The third-order valence-electron chi connectivity index (χ3n) is 3.63. The summed E-state index contributed by atoms with van der Waals surface area (Å²) in [4.78, 5) is 17.8. The van der Waals surface area contributed by atoms with E-state index in [1.165, 1.54) is 5.57 Å². The van der Waals surface area contributed by atoms with Crippen LogP contribution in [0, 0.1) is 6.92 Å². The minimum Gasteiger partial charge on any atom is -0.383 e. The summed E-state index contributed by atoms with van der Waals surface area (Å²) < 4.78 is 0. The summed E-state index contributed by atoms with van der Waals surface area (Å²) in [6, 6.07) is 7.92. The van der Waals surface area contributed by atoms with Gasteiger partial charge in [0, 0.05) is 25.6 Å². The third kappa shape index (κ3) is 3.26. The molecule has 106 valence electrons. The van der Waals surface area contributed by atoms with Gasteiger partial charge in [-0.05, 0) is 38.0 Å². The van der Waals surface area contributed by atoms with E-state index in [2.05, 4.69) is 11.9 Å². The lowest BCUT2D eigenvalue weighted by molar-refractivity contribution is -0.128. The van der Waals surface area contributed by atoms with Gasteiger partial charge in [-0.15, -0.1) is 0 Å². The first-order valence-electron chi connectivity index (χ1n) is 6.82. The molecule has 1 amide bonds. The Hall–Kier alpha value is -2.10. The van der Waals surface area contributed by atoms with Gasteiger partial charge in [0.2, 0.25) is 5.91 Å². The highest BCUT2D eigenvalue weighted by atomic mass is 16.2. The van der Waals surface area contributed by atoms with E-state index in [4.69, 9.17) is 5.73 Å². The van der Waals surface area contributed by atoms with Gasteiger partial charge in [0.05, 0.1) is 5.69 Å². The molecule has 0 unspecified atom stereocenters. The fraction of sp³-hybridized carbons (Fsp3) is 0.375. The summed E-state index contributed by atoms with van der Waals surface area (Å²) in [5, 5.41) is 0. The zero-order valence-electron chi connectivity index (χ0n) is 12.3. The van der Waals surface area contributed by atoms with E-state index in [1.54, 1.807) is 11.8 Å². The van der Waals surface area contributed by atoms with Crippen molar-refractivity contribution in [3.63, 3.8) is 0 Å². The molecule has 4 nitrogen and oxygen atoms in total. The summed E-state index contributed by atoms with van der Waals surface area (Å²) in [6.45, 7) is 7.00. The molecule has 1 aromatic rings. The molecule has 1 aliphatic heterocycles. The third-order valence-corrected chi connectivity index (χ3v) is 3.63. The molecule has 4 heteroatoms. The zero-order valence-corrected chi connectivity index (χ0v) is 12.3. The van der Waals surface area contributed by atoms with Gasteiger partial charge in [0.15, 0.2) is 0 Å². The van der Waals surface area contributed by atoms with Crippen LogP contribution in [0.15, 0.2) is 40.4 Å². The largest absolute Gasteiger partial charge is 0.383 e. The summed E-state index contributed by atoms with van der Waals surface area (Å²) in [7, 11) is 0. The van der Waals surface area contributed by atoms with Gasteiger partial charge in [-0.25, -0.2) is 4.99 Å². The van der Waals surface area contributed by atoms with Gasteiger partial charge in [-0.2, -0.15) is 0 Å². The number of amidine groups is 1. The number of nitrogens with two attached hydrogens (primary N) is 1. The maximum Gasteiger partial charge on any atom is 0.219 e. The average molecular weight is 271 g/mol. The molecule has 0 saturated carbocycles. The minimum absolute atomic E-state index is 0.0818. The van der Waals surface area contributed by atoms with E-state index in [0.717, 1.165) is 29.8 Å². The Morgan fingerprint density at radius 1 is 1.35 bits per heavy atom. The first kappa shape index (κ1) is 14.3. The van der Waals surface area contributed by atoms with Crippen LogP contribution in [0.5, 0.6) is 0 Å². The number of nitrogens with zero attached hydrogens (tertiary/aromatic N) is 2. The van der Waals surface area contributed by atoms with Crippen molar-refractivity contribution in [2.24, 2.45) is 10.7 Å². The van der Waals surface area contributed by atoms with Crippen LogP contribution in [0.4, 0.5) is 5.69 Å². The molecule has 20 heavy (non-hydrogen) atoms. The molecule has 2 N–H and O–H groups in total. The van der Waals surface area contributed by atoms with Crippen molar-refractivity contribution < 1.29 is 4.79 Å². The predicted molar refractivity (Wildman–Crippen MR) is 82.0 cm³/mol. The van der Waals surface area contributed by atoms with Crippen molar-refractivity contribution in [3.8, 4) is 0 Å². The molecule has 1 aromatic carbocycles. The minimum atomic E-state index is 0.0818. The zero-order chi connectivity index (χ0) is 14.7. The number of aryl methyl sites for hydroxylation is 1. The predicted octanol–water partition coefficient (Wildman–Crippen LogP) is 2.55. The Kier molecular flexibility index (Phi) is 4.23. The lowest BCUT2D eigenvalue weighted by atomic mass is 10.0. The molecular formula is C16H21N3O. The quantitative estimate of drug-likeness (QED) is 0.664. The molecule has 1 aliphatic rings. The van der Waals surface area contributed by atoms with Gasteiger partial charge < -0.3 is 10.6 Å². The molecule has 0 atom stereocenters. The van der Waals surface area contributed by atoms with Gasteiger partial charge in [-0.3, -0.25) is 4.79 Å². The second-order valence-corrected chi connectivity index (χ2v) is 5.29. The van der Waals surface area contributed by atoms with Crippen molar-refractivity contribution >= 4 is 17.4 Å². The lowest BCUT2D eigenvalue weighted by Crippen LogP contribution is -2.38. The van der Waals surface area contributed by atoms with Gasteiger partial charge in [-0.1, -0.05) is 17.7 Å². The molecule has 0 aromatic heterocycles. The van der Waals surface area contributed by atoms with Crippen molar-refractivity contribution in [1.82, 2.24) is 4.90 Å². The van der Waals surface area contributed by atoms with E-state index in [1.807, 2.05) is 31.2 Å². The first-order chi connectivity index (χ1) is 9.47. The molecule has 0 spiro atoms. The number of hydrogen-bond acceptors (Lipinski definition) is 2. The number of rotatable bonds is 2. The van der Waals surface area contributed by atoms with Crippen LogP contribution in [-0.2, 0) is 4.79 Å². The Morgan fingerprint density at radius 2 is 2.10 bits per heavy atom. The number of hydrogen-bond donors (Lipinski definition) is 1. The van der Waals surface area contributed by atoms with Gasteiger partial charge >= 0.3 is 0 Å². The fourth-order valence-electron chi connectivity index (χ4n) is 2.33. The normalized spacial score (nSPS) is 16.6. The van der Waals surface area contributed by atoms with Crippen molar-refractivity contribution in [2.75, 3.05) is 13.1 Å². The summed E-state index contributed by atoms with van der Waals surface area (Å²) in [5.74, 6) is 0.595. The molecule has 2 rings (SSSR count). The highest BCUT2D eigenvalue weighted by Crippen LogP contribution is 2.20. The Bertz CT molecular complexity index is 587. The summed E-state index contributed by atoms with van der Waals surface area (Å²) in [5.41, 5.74) is 10.3. The molecule has 0 saturated heterocycles. The van der Waals surface area contributed by atoms with Crippen LogP contribution in [0.2, 0.25) is 0 Å². The van der Waals surface area contributed by atoms with Crippen molar-refractivity contribution in [3.05, 3.63) is 41.0 Å². The second kappa shape index (κ2) is 5.90. The van der Waals surface area contributed by atoms with Gasteiger partial charge in [0.25, 0.3) is 0 Å².